The van der Waals surface area contributed by atoms with Gasteiger partial charge >= 0.3 is 6.09 Å². The van der Waals surface area contributed by atoms with Crippen LogP contribution in [-0.4, -0.2) is 40.5 Å². The van der Waals surface area contributed by atoms with Crippen molar-refractivity contribution in [3.05, 3.63) is 65.2 Å². The van der Waals surface area contributed by atoms with Gasteiger partial charge in [-0.1, -0.05) is 75.7 Å². The van der Waals surface area contributed by atoms with E-state index in [1.165, 1.54) is 0 Å². The number of anilines is 1. The minimum absolute atomic E-state index is 0.108. The molecule has 0 aromatic heterocycles. The van der Waals surface area contributed by atoms with Gasteiger partial charge in [0, 0.05) is 11.7 Å². The average molecular weight is 522 g/mol. The predicted octanol–water partition coefficient (Wildman–Crippen LogP) is 6.16. The van der Waals surface area contributed by atoms with Crippen LogP contribution in [0.5, 0.6) is 0 Å². The van der Waals surface area contributed by atoms with Crippen molar-refractivity contribution >= 4 is 23.6 Å². The van der Waals surface area contributed by atoms with Gasteiger partial charge in [-0.05, 0) is 69.6 Å². The molecule has 7 nitrogen and oxygen atoms in total. The second-order valence-electron chi connectivity index (χ2n) is 11.6. The molecule has 1 saturated carbocycles. The van der Waals surface area contributed by atoms with E-state index in [2.05, 4.69) is 17.6 Å². The number of ether oxygens (including phenoxy) is 1. The first-order valence-corrected chi connectivity index (χ1v) is 13.6. The highest BCUT2D eigenvalue weighted by Crippen LogP contribution is 2.41. The summed E-state index contributed by atoms with van der Waals surface area (Å²) in [5, 5.41) is 5.95. The van der Waals surface area contributed by atoms with Gasteiger partial charge in [0.15, 0.2) is 0 Å². The van der Waals surface area contributed by atoms with Crippen molar-refractivity contribution in [1.82, 2.24) is 10.2 Å². The molecule has 3 rings (SSSR count). The molecule has 7 heteroatoms. The lowest BCUT2D eigenvalue weighted by Gasteiger charge is -2.36. The lowest BCUT2D eigenvalue weighted by Crippen LogP contribution is -2.55. The third kappa shape index (κ3) is 7.15. The van der Waals surface area contributed by atoms with Gasteiger partial charge < -0.3 is 20.3 Å². The van der Waals surface area contributed by atoms with Gasteiger partial charge in [0.1, 0.15) is 17.7 Å². The molecule has 5 unspecified atom stereocenters. The smallest absolute Gasteiger partial charge is 0.408 e. The predicted molar refractivity (Wildman–Crippen MR) is 151 cm³/mol. The molecular weight excluding hydrogens is 478 g/mol. The first-order chi connectivity index (χ1) is 17.8. The van der Waals surface area contributed by atoms with E-state index in [-0.39, 0.29) is 29.7 Å². The van der Waals surface area contributed by atoms with Gasteiger partial charge in [0.05, 0.1) is 0 Å². The molecule has 0 heterocycles. The second-order valence-corrected chi connectivity index (χ2v) is 11.6. The molecule has 0 aliphatic heterocycles. The number of hydrogen-bond donors (Lipinski definition) is 2. The molecule has 2 aromatic rings. The van der Waals surface area contributed by atoms with Crippen molar-refractivity contribution < 1.29 is 19.1 Å². The number of rotatable bonds is 9. The molecule has 5 atom stereocenters. The van der Waals surface area contributed by atoms with Gasteiger partial charge in [-0.2, -0.15) is 0 Å². The third-order valence-electron chi connectivity index (χ3n) is 7.20. The Morgan fingerprint density at radius 1 is 1.03 bits per heavy atom. The number of nitrogens with zero attached hydrogens (tertiary/aromatic N) is 1. The largest absolute Gasteiger partial charge is 0.444 e. The Bertz CT molecular complexity index is 1120. The Morgan fingerprint density at radius 3 is 2.11 bits per heavy atom. The summed E-state index contributed by atoms with van der Waals surface area (Å²) < 4.78 is 5.49. The molecule has 0 saturated heterocycles. The average Bonchev–Trinajstić information content (AvgIpc) is 3.57. The molecule has 206 valence electrons. The van der Waals surface area contributed by atoms with Crippen molar-refractivity contribution in [2.75, 3.05) is 5.32 Å². The van der Waals surface area contributed by atoms with E-state index in [0.717, 1.165) is 28.8 Å². The Labute approximate surface area is 227 Å². The fraction of sp³-hybridized carbons (Fsp3) is 0.516. The summed E-state index contributed by atoms with van der Waals surface area (Å²) in [6.07, 6.45) is 0.826. The molecule has 1 aliphatic rings. The molecule has 3 amide bonds. The Kier molecular flexibility index (Phi) is 9.23. The highest BCUT2D eigenvalue weighted by Gasteiger charge is 2.49. The number of hydrogen-bond acceptors (Lipinski definition) is 4. The monoisotopic (exact) mass is 521 g/mol. The van der Waals surface area contributed by atoms with Crippen LogP contribution in [0.25, 0.3) is 0 Å². The van der Waals surface area contributed by atoms with Crippen molar-refractivity contribution in [1.29, 1.82) is 0 Å². The van der Waals surface area contributed by atoms with Gasteiger partial charge in [0.2, 0.25) is 5.91 Å². The van der Waals surface area contributed by atoms with Crippen LogP contribution >= 0.6 is 0 Å². The number of alkyl carbamates (subject to hydrolysis) is 1. The zero-order valence-electron chi connectivity index (χ0n) is 24.0. The van der Waals surface area contributed by atoms with E-state index in [0.29, 0.717) is 6.42 Å². The summed E-state index contributed by atoms with van der Waals surface area (Å²) in [6.45, 7) is 15.3. The van der Waals surface area contributed by atoms with Crippen molar-refractivity contribution in [2.45, 2.75) is 92.0 Å². The molecule has 0 bridgehead atoms. The molecular formula is C31H43N3O4. The summed E-state index contributed by atoms with van der Waals surface area (Å²) >= 11 is 0. The summed E-state index contributed by atoms with van der Waals surface area (Å²) in [7, 11) is 0. The number of aryl methyl sites for hydroxylation is 2. The fourth-order valence-electron chi connectivity index (χ4n) is 4.73. The number of benzene rings is 2. The molecule has 2 N–H and O–H groups in total. The second kappa shape index (κ2) is 12.0. The lowest BCUT2D eigenvalue weighted by atomic mass is 9.95. The van der Waals surface area contributed by atoms with Gasteiger partial charge in [-0.3, -0.25) is 9.59 Å². The summed E-state index contributed by atoms with van der Waals surface area (Å²) in [5.41, 5.74) is 2.68. The first kappa shape index (κ1) is 29.2. The third-order valence-corrected chi connectivity index (χ3v) is 7.20. The maximum absolute atomic E-state index is 14.4. The number of carbonyl (C=O) groups excluding carboxylic acids is 3. The molecule has 0 radical (unpaired) electrons. The maximum atomic E-state index is 14.4. The highest BCUT2D eigenvalue weighted by atomic mass is 16.6. The quantitative estimate of drug-likeness (QED) is 0.414. The number of carbonyl (C=O) groups is 3. The SMILES string of the molecule is CCC(C)C(NC(=O)OC(C)(C)C)C(=O)N(C(C(=O)Nc1c(C)cccc1C)c1ccccc1)C1CC1C. The van der Waals surface area contributed by atoms with E-state index >= 15 is 0 Å². The van der Waals surface area contributed by atoms with Crippen LogP contribution in [0.15, 0.2) is 48.5 Å². The van der Waals surface area contributed by atoms with Gasteiger partial charge in [-0.25, -0.2) is 4.79 Å². The summed E-state index contributed by atoms with van der Waals surface area (Å²) in [6, 6.07) is 13.5. The summed E-state index contributed by atoms with van der Waals surface area (Å²) in [5.74, 6) is -0.465. The van der Waals surface area contributed by atoms with Crippen LogP contribution in [0.1, 0.15) is 77.1 Å². The first-order valence-electron chi connectivity index (χ1n) is 13.6. The molecule has 2 aromatic carbocycles. The highest BCUT2D eigenvalue weighted by molar-refractivity contribution is 6.00. The van der Waals surface area contributed by atoms with Crippen molar-refractivity contribution in [3.63, 3.8) is 0 Å². The Morgan fingerprint density at radius 2 is 1.61 bits per heavy atom. The van der Waals surface area contributed by atoms with E-state index in [1.807, 2.05) is 76.2 Å². The fourth-order valence-corrected chi connectivity index (χ4v) is 4.73. The molecule has 0 spiro atoms. The lowest BCUT2D eigenvalue weighted by molar-refractivity contribution is -0.142. The summed E-state index contributed by atoms with van der Waals surface area (Å²) in [4.78, 5) is 42.9. The Balaban J connectivity index is 2.04. The van der Waals surface area contributed by atoms with E-state index in [9.17, 15) is 14.4 Å². The van der Waals surface area contributed by atoms with Crippen LogP contribution in [0.4, 0.5) is 10.5 Å². The van der Waals surface area contributed by atoms with Crippen LogP contribution in [-0.2, 0) is 14.3 Å². The topological polar surface area (TPSA) is 87.7 Å². The zero-order chi connectivity index (χ0) is 28.2. The van der Waals surface area contributed by atoms with Crippen molar-refractivity contribution in [3.8, 4) is 0 Å². The molecule has 38 heavy (non-hydrogen) atoms. The van der Waals surface area contributed by atoms with Crippen molar-refractivity contribution in [2.24, 2.45) is 11.8 Å². The van der Waals surface area contributed by atoms with Crippen LogP contribution in [0.3, 0.4) is 0 Å². The van der Waals surface area contributed by atoms with Crippen LogP contribution in [0.2, 0.25) is 0 Å². The van der Waals surface area contributed by atoms with Gasteiger partial charge in [-0.15, -0.1) is 0 Å². The normalized spacial score (nSPS) is 19.1. The van der Waals surface area contributed by atoms with Crippen LogP contribution < -0.4 is 10.6 Å². The van der Waals surface area contributed by atoms with E-state index in [4.69, 9.17) is 4.74 Å². The molecule has 1 aliphatic carbocycles. The molecule has 1 fully saturated rings. The van der Waals surface area contributed by atoms with E-state index < -0.39 is 23.8 Å². The van der Waals surface area contributed by atoms with Gasteiger partial charge in [0.25, 0.3) is 5.91 Å². The number of para-hydroxylation sites is 1. The van der Waals surface area contributed by atoms with Crippen LogP contribution in [0, 0.1) is 25.7 Å². The maximum Gasteiger partial charge on any atom is 0.408 e. The standard InChI is InChI=1S/C31H43N3O4/c1-9-19(2)26(33-30(37)38-31(6,7)8)29(36)34(24-18-22(24)5)27(23-16-11-10-12-17-23)28(35)32-25-20(3)14-13-15-21(25)4/h10-17,19,22,24,26-27H,9,18H2,1-8H3,(H,32,35)(H,33,37). The number of amides is 3. The van der Waals surface area contributed by atoms with E-state index in [1.54, 1.807) is 25.7 Å². The minimum Gasteiger partial charge on any atom is -0.444 e. The minimum atomic E-state index is -0.857. The Hall–Kier alpha value is -3.35. The number of nitrogens with one attached hydrogen (secondary N) is 2. The zero-order valence-corrected chi connectivity index (χ0v) is 24.0.